The number of benzene rings is 1. The van der Waals surface area contributed by atoms with Crippen molar-refractivity contribution in [3.05, 3.63) is 35.4 Å². The molecule has 1 rings (SSSR count). The van der Waals surface area contributed by atoms with Gasteiger partial charge in [0, 0.05) is 12.0 Å². The molecule has 1 aromatic carbocycles. The molecule has 0 amide bonds. The second-order valence-electron chi connectivity index (χ2n) is 7.57. The van der Waals surface area contributed by atoms with Crippen LogP contribution in [0.15, 0.2) is 24.3 Å². The molecule has 0 aromatic heterocycles. The summed E-state index contributed by atoms with van der Waals surface area (Å²) in [4.78, 5) is 12.3. The number of aryl methyl sites for hydroxylation is 1. The van der Waals surface area contributed by atoms with E-state index in [1.165, 1.54) is 32.1 Å². The molecule has 0 radical (unpaired) electrons. The number of carbonyl (C=O) groups excluding carboxylic acids is 1. The summed E-state index contributed by atoms with van der Waals surface area (Å²) >= 11 is 5.64. The van der Waals surface area contributed by atoms with Gasteiger partial charge in [-0.2, -0.15) is 0 Å². The number of ketones is 1. The third-order valence-corrected chi connectivity index (χ3v) is 5.59. The molecule has 27 heavy (non-hydrogen) atoms. The quantitative estimate of drug-likeness (QED) is 0.230. The smallest absolute Gasteiger partial charge is 0.162 e. The van der Waals surface area contributed by atoms with Crippen molar-refractivity contribution in [2.45, 2.75) is 88.7 Å². The third-order valence-electron chi connectivity index (χ3n) is 5.16. The van der Waals surface area contributed by atoms with Gasteiger partial charge in [0.2, 0.25) is 0 Å². The SMILES string of the molecule is CCCCCCCCCC(=O)c1ccc(CCCC(N)(CO)C(O)Cl)cc1. The van der Waals surface area contributed by atoms with Crippen molar-refractivity contribution in [1.29, 1.82) is 0 Å². The van der Waals surface area contributed by atoms with Gasteiger partial charge in [0.25, 0.3) is 0 Å². The van der Waals surface area contributed by atoms with E-state index in [9.17, 15) is 15.0 Å². The average molecular weight is 398 g/mol. The zero-order chi connectivity index (χ0) is 20.1. The topological polar surface area (TPSA) is 83.6 Å². The Kier molecular flexibility index (Phi) is 11.8. The first-order valence-electron chi connectivity index (χ1n) is 10.3. The Hall–Kier alpha value is -0.940. The van der Waals surface area contributed by atoms with Crippen LogP contribution in [0.3, 0.4) is 0 Å². The highest BCUT2D eigenvalue weighted by atomic mass is 35.5. The zero-order valence-electron chi connectivity index (χ0n) is 16.6. The van der Waals surface area contributed by atoms with E-state index < -0.39 is 11.1 Å². The van der Waals surface area contributed by atoms with E-state index in [0.717, 1.165) is 30.4 Å². The fraction of sp³-hybridized carbons (Fsp3) is 0.682. The van der Waals surface area contributed by atoms with E-state index in [4.69, 9.17) is 17.3 Å². The summed E-state index contributed by atoms with van der Waals surface area (Å²) in [5.41, 5.74) is 5.31. The largest absolute Gasteiger partial charge is 0.394 e. The van der Waals surface area contributed by atoms with Gasteiger partial charge in [0.1, 0.15) is 5.56 Å². The standard InChI is InChI=1S/C22H36ClNO3/c1-2-3-4-5-6-7-8-11-20(26)19-14-12-18(13-15-19)10-9-16-22(24,17-25)21(23)27/h12-15,21,25,27H,2-11,16-17,24H2,1H3. The Balaban J connectivity index is 2.31. The number of nitrogens with two attached hydrogens (primary N) is 1. The van der Waals surface area contributed by atoms with Gasteiger partial charge in [0.05, 0.1) is 12.1 Å². The average Bonchev–Trinajstić information content (AvgIpc) is 2.67. The van der Waals surface area contributed by atoms with Crippen molar-refractivity contribution < 1.29 is 15.0 Å². The maximum absolute atomic E-state index is 12.3. The predicted molar refractivity (Wildman–Crippen MR) is 112 cm³/mol. The lowest BCUT2D eigenvalue weighted by Gasteiger charge is -2.28. The molecule has 0 spiro atoms. The first kappa shape index (κ1) is 24.1. The number of hydrogen-bond donors (Lipinski definition) is 3. The fourth-order valence-corrected chi connectivity index (χ4v) is 3.32. The van der Waals surface area contributed by atoms with Crippen LogP contribution >= 0.6 is 11.6 Å². The van der Waals surface area contributed by atoms with Crippen LogP contribution in [0.25, 0.3) is 0 Å². The number of alkyl halides is 1. The summed E-state index contributed by atoms with van der Waals surface area (Å²) in [5.74, 6) is 0.210. The van der Waals surface area contributed by atoms with Crippen LogP contribution in [0.2, 0.25) is 0 Å². The maximum atomic E-state index is 12.3. The van der Waals surface area contributed by atoms with Gasteiger partial charge in [-0.05, 0) is 31.2 Å². The lowest BCUT2D eigenvalue weighted by atomic mass is 9.93. The van der Waals surface area contributed by atoms with Crippen LogP contribution in [-0.2, 0) is 6.42 Å². The lowest BCUT2D eigenvalue weighted by molar-refractivity contribution is 0.0870. The fourth-order valence-electron chi connectivity index (χ4n) is 3.14. The molecule has 5 heteroatoms. The van der Waals surface area contributed by atoms with E-state index in [1.54, 1.807) is 0 Å². The van der Waals surface area contributed by atoms with E-state index >= 15 is 0 Å². The van der Waals surface area contributed by atoms with Crippen LogP contribution in [0.4, 0.5) is 0 Å². The number of Topliss-reactive ketones (excluding diaryl/α,β-unsaturated/α-hetero) is 1. The molecule has 2 atom stereocenters. The molecule has 0 heterocycles. The molecule has 4 N–H and O–H groups in total. The van der Waals surface area contributed by atoms with Crippen LogP contribution in [0.5, 0.6) is 0 Å². The normalized spacial score (nSPS) is 14.7. The van der Waals surface area contributed by atoms with Gasteiger partial charge in [-0.15, -0.1) is 0 Å². The molecular weight excluding hydrogens is 362 g/mol. The molecule has 0 aliphatic carbocycles. The Morgan fingerprint density at radius 1 is 1.07 bits per heavy atom. The Morgan fingerprint density at radius 3 is 2.22 bits per heavy atom. The van der Waals surface area contributed by atoms with E-state index in [-0.39, 0.29) is 12.4 Å². The lowest BCUT2D eigenvalue weighted by Crippen LogP contribution is -2.51. The van der Waals surface area contributed by atoms with Crippen LogP contribution in [-0.4, -0.2) is 33.7 Å². The summed E-state index contributed by atoms with van der Waals surface area (Å²) < 4.78 is 0. The molecular formula is C22H36ClNO3. The predicted octanol–water partition coefficient (Wildman–Crippen LogP) is 4.58. The van der Waals surface area contributed by atoms with E-state index in [1.807, 2.05) is 24.3 Å². The Bertz CT molecular complexity index is 533. The maximum Gasteiger partial charge on any atom is 0.162 e. The van der Waals surface area contributed by atoms with Crippen LogP contribution < -0.4 is 5.73 Å². The Labute approximate surface area is 169 Å². The molecule has 0 saturated carbocycles. The van der Waals surface area contributed by atoms with E-state index in [0.29, 0.717) is 19.3 Å². The highest BCUT2D eigenvalue weighted by Crippen LogP contribution is 2.19. The number of rotatable bonds is 15. The molecule has 154 valence electrons. The van der Waals surface area contributed by atoms with E-state index in [2.05, 4.69) is 6.92 Å². The summed E-state index contributed by atoms with van der Waals surface area (Å²) in [7, 11) is 0. The van der Waals surface area contributed by atoms with Gasteiger partial charge >= 0.3 is 0 Å². The first-order valence-corrected chi connectivity index (χ1v) is 10.7. The summed E-state index contributed by atoms with van der Waals surface area (Å²) in [6.45, 7) is 1.86. The minimum atomic E-state index is -1.27. The molecule has 1 aromatic rings. The summed E-state index contributed by atoms with van der Waals surface area (Å²) in [5, 5.41) is 18.7. The molecule has 4 nitrogen and oxygen atoms in total. The minimum Gasteiger partial charge on any atom is -0.394 e. The first-order chi connectivity index (χ1) is 12.9. The molecule has 0 fully saturated rings. The van der Waals surface area contributed by atoms with Crippen molar-refractivity contribution in [2.24, 2.45) is 5.73 Å². The monoisotopic (exact) mass is 397 g/mol. The second-order valence-corrected chi connectivity index (χ2v) is 7.99. The number of aliphatic hydroxyl groups is 2. The van der Waals surface area contributed by atoms with Gasteiger partial charge < -0.3 is 15.9 Å². The van der Waals surface area contributed by atoms with Crippen LogP contribution in [0, 0.1) is 0 Å². The zero-order valence-corrected chi connectivity index (χ0v) is 17.4. The number of hydrogen-bond acceptors (Lipinski definition) is 4. The minimum absolute atomic E-state index is 0.210. The number of unbranched alkanes of at least 4 members (excludes halogenated alkanes) is 6. The molecule has 0 saturated heterocycles. The highest BCUT2D eigenvalue weighted by Gasteiger charge is 2.31. The summed E-state index contributed by atoms with van der Waals surface area (Å²) in [6.07, 6.45) is 11.0. The van der Waals surface area contributed by atoms with Crippen LogP contribution in [0.1, 0.15) is 87.1 Å². The number of halogens is 1. The molecule has 0 bridgehead atoms. The van der Waals surface area contributed by atoms with Crippen molar-refractivity contribution >= 4 is 17.4 Å². The number of carbonyl (C=O) groups is 1. The molecule has 0 aliphatic rings. The van der Waals surface area contributed by atoms with Gasteiger partial charge in [-0.1, -0.05) is 81.3 Å². The van der Waals surface area contributed by atoms with Crippen molar-refractivity contribution in [2.75, 3.05) is 6.61 Å². The second kappa shape index (κ2) is 13.3. The van der Waals surface area contributed by atoms with Gasteiger partial charge in [0.15, 0.2) is 5.78 Å². The summed E-state index contributed by atoms with van der Waals surface area (Å²) in [6, 6.07) is 7.70. The van der Waals surface area contributed by atoms with Crippen molar-refractivity contribution in [1.82, 2.24) is 0 Å². The van der Waals surface area contributed by atoms with Crippen molar-refractivity contribution in [3.63, 3.8) is 0 Å². The highest BCUT2D eigenvalue weighted by molar-refractivity contribution is 6.20. The van der Waals surface area contributed by atoms with Gasteiger partial charge in [-0.25, -0.2) is 0 Å². The third kappa shape index (κ3) is 9.20. The Morgan fingerprint density at radius 2 is 1.67 bits per heavy atom. The van der Waals surface area contributed by atoms with Gasteiger partial charge in [-0.3, -0.25) is 4.79 Å². The van der Waals surface area contributed by atoms with Crippen molar-refractivity contribution in [3.8, 4) is 0 Å². The molecule has 0 aliphatic heterocycles. The number of aliphatic hydroxyl groups excluding tert-OH is 2. The molecule has 2 unspecified atom stereocenters.